The maximum absolute atomic E-state index is 12.3. The van der Waals surface area contributed by atoms with E-state index in [1.807, 2.05) is 12.1 Å². The maximum Gasteiger partial charge on any atom is 0.351 e. The molecule has 2 aromatic rings. The number of amides is 1. The summed E-state index contributed by atoms with van der Waals surface area (Å²) in [7, 11) is 0. The highest BCUT2D eigenvalue weighted by Crippen LogP contribution is 2.29. The van der Waals surface area contributed by atoms with Crippen LogP contribution in [-0.2, 0) is 16.0 Å². The summed E-state index contributed by atoms with van der Waals surface area (Å²) in [5.41, 5.74) is 2.81. The van der Waals surface area contributed by atoms with Crippen LogP contribution < -0.4 is 5.32 Å². The topological polar surface area (TPSA) is 68.3 Å². The molecule has 0 spiro atoms. The minimum absolute atomic E-state index is 0.332. The number of carbonyl (C=O) groups is 2. The van der Waals surface area contributed by atoms with Gasteiger partial charge in [0.25, 0.3) is 5.91 Å². The minimum Gasteiger partial charge on any atom is -0.448 e. The van der Waals surface area contributed by atoms with Gasteiger partial charge in [0.05, 0.1) is 5.69 Å². The smallest absolute Gasteiger partial charge is 0.351 e. The molecule has 0 unspecified atom stereocenters. The molecule has 5 nitrogen and oxygen atoms in total. The molecule has 6 heteroatoms. The van der Waals surface area contributed by atoms with Crippen molar-refractivity contribution in [3.63, 3.8) is 0 Å². The van der Waals surface area contributed by atoms with E-state index in [4.69, 9.17) is 4.74 Å². The second-order valence-electron chi connectivity index (χ2n) is 5.57. The van der Waals surface area contributed by atoms with Crippen LogP contribution in [-0.4, -0.2) is 29.5 Å². The van der Waals surface area contributed by atoms with Crippen LogP contribution in [0.2, 0.25) is 0 Å². The quantitative estimate of drug-likeness (QED) is 0.607. The van der Waals surface area contributed by atoms with Crippen molar-refractivity contribution >= 4 is 23.2 Å². The van der Waals surface area contributed by atoms with Gasteiger partial charge >= 0.3 is 5.97 Å². The van der Waals surface area contributed by atoms with E-state index in [1.54, 1.807) is 13.0 Å². The van der Waals surface area contributed by atoms with E-state index in [0.29, 0.717) is 17.1 Å². The minimum atomic E-state index is -0.874. The maximum atomic E-state index is 12.3. The Kier molecular flexibility index (Phi) is 6.47. The number of nitrogens with one attached hydrogen (secondary N) is 1. The Morgan fingerprint density at radius 2 is 2.04 bits per heavy atom. The fraction of sp³-hybridized carbons (Fsp3) is 0.316. The molecule has 1 aromatic heterocycles. The third-order valence-electron chi connectivity index (χ3n) is 3.66. The van der Waals surface area contributed by atoms with Crippen molar-refractivity contribution < 1.29 is 14.3 Å². The molecule has 1 N–H and O–H groups in total. The lowest BCUT2D eigenvalue weighted by Crippen LogP contribution is -2.35. The summed E-state index contributed by atoms with van der Waals surface area (Å²) in [6.07, 6.45) is 1.66. The highest BCUT2D eigenvalue weighted by molar-refractivity contribution is 7.17. The Hall–Kier alpha value is -2.47. The Morgan fingerprint density at radius 1 is 1.36 bits per heavy atom. The predicted octanol–water partition coefficient (Wildman–Crippen LogP) is 3.53. The Labute approximate surface area is 151 Å². The van der Waals surface area contributed by atoms with E-state index in [2.05, 4.69) is 35.9 Å². The summed E-state index contributed by atoms with van der Waals surface area (Å²) in [6.45, 7) is 9.26. The number of carbonyl (C=O) groups excluding carboxylic acids is 2. The third kappa shape index (κ3) is 4.76. The van der Waals surface area contributed by atoms with Gasteiger partial charge in [0.15, 0.2) is 6.10 Å². The van der Waals surface area contributed by atoms with Gasteiger partial charge in [-0.2, -0.15) is 0 Å². The van der Waals surface area contributed by atoms with E-state index in [1.165, 1.54) is 23.8 Å². The number of nitrogens with zero attached hydrogens (tertiary/aromatic N) is 1. The lowest BCUT2D eigenvalue weighted by atomic mass is 10.1. The summed E-state index contributed by atoms with van der Waals surface area (Å²) in [4.78, 5) is 29.0. The number of benzene rings is 1. The molecule has 2 rings (SSSR count). The second-order valence-corrected chi connectivity index (χ2v) is 6.56. The molecule has 25 heavy (non-hydrogen) atoms. The van der Waals surface area contributed by atoms with Gasteiger partial charge in [0, 0.05) is 12.1 Å². The summed E-state index contributed by atoms with van der Waals surface area (Å²) in [6, 6.07) is 8.10. The van der Waals surface area contributed by atoms with Crippen LogP contribution >= 0.6 is 11.3 Å². The molecule has 0 saturated carbocycles. The first-order valence-corrected chi connectivity index (χ1v) is 8.94. The number of thiazole rings is 1. The average molecular weight is 358 g/mol. The van der Waals surface area contributed by atoms with Gasteiger partial charge in [-0.15, -0.1) is 17.9 Å². The zero-order valence-electron chi connectivity index (χ0n) is 14.7. The fourth-order valence-electron chi connectivity index (χ4n) is 2.18. The first-order valence-electron chi connectivity index (χ1n) is 8.12. The summed E-state index contributed by atoms with van der Waals surface area (Å²) >= 11 is 1.27. The average Bonchev–Trinajstić information content (AvgIpc) is 3.01. The van der Waals surface area contributed by atoms with E-state index >= 15 is 0 Å². The van der Waals surface area contributed by atoms with Crippen LogP contribution in [0.15, 0.2) is 36.9 Å². The summed E-state index contributed by atoms with van der Waals surface area (Å²) < 4.78 is 5.25. The molecule has 0 aliphatic heterocycles. The van der Waals surface area contributed by atoms with Crippen molar-refractivity contribution in [3.05, 3.63) is 53.1 Å². The lowest BCUT2D eigenvalue weighted by molar-refractivity contribution is -0.128. The van der Waals surface area contributed by atoms with Crippen molar-refractivity contribution in [2.24, 2.45) is 0 Å². The molecule has 0 radical (unpaired) electrons. The zero-order chi connectivity index (χ0) is 18.4. The first-order chi connectivity index (χ1) is 12.0. The molecule has 0 aliphatic rings. The third-order valence-corrected chi connectivity index (χ3v) is 4.85. The van der Waals surface area contributed by atoms with Crippen molar-refractivity contribution in [1.82, 2.24) is 10.3 Å². The predicted molar refractivity (Wildman–Crippen MR) is 99.7 cm³/mol. The number of aromatic nitrogens is 1. The van der Waals surface area contributed by atoms with Gasteiger partial charge in [-0.05, 0) is 25.8 Å². The fourth-order valence-corrected chi connectivity index (χ4v) is 3.13. The number of hydrogen-bond acceptors (Lipinski definition) is 5. The van der Waals surface area contributed by atoms with Crippen LogP contribution in [0.1, 0.15) is 34.8 Å². The molecular formula is C19H22N2O3S. The van der Waals surface area contributed by atoms with E-state index < -0.39 is 12.1 Å². The van der Waals surface area contributed by atoms with Crippen LogP contribution in [0.25, 0.3) is 10.6 Å². The van der Waals surface area contributed by atoms with Crippen LogP contribution in [0.3, 0.4) is 0 Å². The van der Waals surface area contributed by atoms with E-state index in [9.17, 15) is 9.59 Å². The number of hydrogen-bond donors (Lipinski definition) is 1. The Balaban J connectivity index is 2.11. The molecule has 1 amide bonds. The van der Waals surface area contributed by atoms with Crippen molar-refractivity contribution in [2.45, 2.75) is 33.3 Å². The van der Waals surface area contributed by atoms with Gasteiger partial charge in [0.2, 0.25) is 0 Å². The molecule has 0 bridgehead atoms. The zero-order valence-corrected chi connectivity index (χ0v) is 15.5. The van der Waals surface area contributed by atoms with Crippen LogP contribution in [0, 0.1) is 6.92 Å². The normalized spacial score (nSPS) is 11.6. The van der Waals surface area contributed by atoms with Gasteiger partial charge in [-0.25, -0.2) is 9.78 Å². The van der Waals surface area contributed by atoms with Crippen LogP contribution in [0.5, 0.6) is 0 Å². The number of rotatable bonds is 7. The molecule has 1 atom stereocenters. The monoisotopic (exact) mass is 358 g/mol. The Bertz CT molecular complexity index is 765. The standard InChI is InChI=1S/C19H22N2O3S/c1-5-11-20-17(22)13(4)24-19(23)16-12(3)21-18(25-16)15-9-7-14(6-2)8-10-15/h5,7-10,13H,1,6,11H2,2-4H3,(H,20,22)/t13-/m0/s1. The van der Waals surface area contributed by atoms with Crippen LogP contribution in [0.4, 0.5) is 0 Å². The van der Waals surface area contributed by atoms with Gasteiger partial charge in [0.1, 0.15) is 9.88 Å². The SMILES string of the molecule is C=CCNC(=O)[C@H](C)OC(=O)c1sc(-c2ccc(CC)cc2)nc1C. The number of ether oxygens (including phenoxy) is 1. The van der Waals surface area contributed by atoms with Gasteiger partial charge in [-0.1, -0.05) is 37.3 Å². The molecule has 132 valence electrons. The highest BCUT2D eigenvalue weighted by Gasteiger charge is 2.22. The molecule has 0 aliphatic carbocycles. The van der Waals surface area contributed by atoms with Gasteiger partial charge in [-0.3, -0.25) is 4.79 Å². The first kappa shape index (κ1) is 18.9. The lowest BCUT2D eigenvalue weighted by Gasteiger charge is -2.12. The van der Waals surface area contributed by atoms with Crippen molar-refractivity contribution in [1.29, 1.82) is 0 Å². The number of aryl methyl sites for hydroxylation is 2. The largest absolute Gasteiger partial charge is 0.448 e. The summed E-state index contributed by atoms with van der Waals surface area (Å²) in [5, 5.41) is 3.36. The van der Waals surface area contributed by atoms with Crippen molar-refractivity contribution in [2.75, 3.05) is 6.54 Å². The second kappa shape index (κ2) is 8.58. The van der Waals surface area contributed by atoms with Gasteiger partial charge < -0.3 is 10.1 Å². The summed E-state index contributed by atoms with van der Waals surface area (Å²) in [5.74, 6) is -0.890. The van der Waals surface area contributed by atoms with E-state index in [0.717, 1.165) is 17.0 Å². The highest BCUT2D eigenvalue weighted by atomic mass is 32.1. The molecule has 1 aromatic carbocycles. The molecular weight excluding hydrogens is 336 g/mol. The Morgan fingerprint density at radius 3 is 2.64 bits per heavy atom. The molecule has 1 heterocycles. The number of esters is 1. The molecule has 0 saturated heterocycles. The van der Waals surface area contributed by atoms with Crippen molar-refractivity contribution in [3.8, 4) is 10.6 Å². The van der Waals surface area contributed by atoms with E-state index in [-0.39, 0.29) is 5.91 Å². The molecule has 0 fully saturated rings.